The maximum atomic E-state index is 11.0. The van der Waals surface area contributed by atoms with Crippen molar-refractivity contribution in [3.8, 4) is 6.07 Å². The number of carboxylic acids is 1. The zero-order chi connectivity index (χ0) is 13.9. The van der Waals surface area contributed by atoms with Gasteiger partial charge < -0.3 is 5.11 Å². The van der Waals surface area contributed by atoms with Crippen LogP contribution in [0.25, 0.3) is 0 Å². The van der Waals surface area contributed by atoms with Gasteiger partial charge in [0.1, 0.15) is 0 Å². The second-order valence-electron chi connectivity index (χ2n) is 6.23. The minimum Gasteiger partial charge on any atom is -0.481 e. The number of aliphatic carboxylic acids is 1. The topological polar surface area (TPSA) is 61.1 Å². The van der Waals surface area contributed by atoms with E-state index in [1.807, 2.05) is 40.7 Å². The van der Waals surface area contributed by atoms with E-state index >= 15 is 0 Å². The van der Waals surface area contributed by atoms with Gasteiger partial charge >= 0.3 is 5.97 Å². The monoisotopic (exact) mass is 237 g/mol. The molecule has 0 radical (unpaired) electrons. The Morgan fingerprint density at radius 3 is 2.12 bits per heavy atom. The van der Waals surface area contributed by atoms with E-state index in [2.05, 4.69) is 6.07 Å². The van der Waals surface area contributed by atoms with Crippen LogP contribution in [0.3, 0.4) is 0 Å². The van der Waals surface area contributed by atoms with Gasteiger partial charge in [0.05, 0.1) is 12.0 Å². The third-order valence-electron chi connectivity index (χ3n) is 3.30. The molecule has 0 bridgehead atoms. The van der Waals surface area contributed by atoms with E-state index in [-0.39, 0.29) is 10.8 Å². The Labute approximate surface area is 104 Å². The van der Waals surface area contributed by atoms with Crippen LogP contribution in [-0.2, 0) is 4.79 Å². The van der Waals surface area contributed by atoms with Gasteiger partial charge in [-0.2, -0.15) is 5.26 Å². The summed E-state index contributed by atoms with van der Waals surface area (Å²) in [6.45, 7) is 11.5. The molecule has 0 amide bonds. The average molecular weight is 237 g/mol. The van der Waals surface area contributed by atoms with Gasteiger partial charge in [0.15, 0.2) is 0 Å². The molecule has 0 heterocycles. The van der Waals surface area contributed by atoms with Gasteiger partial charge in [-0.25, -0.2) is 0 Å². The van der Waals surface area contributed by atoms with Crippen molar-refractivity contribution in [3.05, 3.63) is 11.6 Å². The fraction of sp³-hybridized carbons (Fsp3) is 0.714. The lowest BCUT2D eigenvalue weighted by Gasteiger charge is -2.28. The predicted molar refractivity (Wildman–Crippen MR) is 68.3 cm³/mol. The molecular weight excluding hydrogens is 214 g/mol. The van der Waals surface area contributed by atoms with Crippen molar-refractivity contribution in [2.75, 3.05) is 0 Å². The van der Waals surface area contributed by atoms with Crippen LogP contribution in [0.1, 0.15) is 48.0 Å². The molecule has 0 saturated heterocycles. The molecule has 1 atom stereocenters. The lowest BCUT2D eigenvalue weighted by molar-refractivity contribution is -0.144. The molecule has 96 valence electrons. The Morgan fingerprint density at radius 2 is 1.82 bits per heavy atom. The van der Waals surface area contributed by atoms with Crippen LogP contribution >= 0.6 is 0 Å². The highest BCUT2D eigenvalue weighted by atomic mass is 16.4. The normalized spacial score (nSPS) is 15.2. The number of rotatable bonds is 4. The Balaban J connectivity index is 4.93. The largest absolute Gasteiger partial charge is 0.481 e. The summed E-state index contributed by atoms with van der Waals surface area (Å²) >= 11 is 0. The van der Waals surface area contributed by atoms with Crippen molar-refractivity contribution in [2.24, 2.45) is 16.7 Å². The number of nitriles is 1. The van der Waals surface area contributed by atoms with Crippen LogP contribution in [0.4, 0.5) is 0 Å². The molecule has 0 saturated carbocycles. The van der Waals surface area contributed by atoms with Gasteiger partial charge in [-0.15, -0.1) is 0 Å². The zero-order valence-electron chi connectivity index (χ0n) is 11.7. The summed E-state index contributed by atoms with van der Waals surface area (Å²) in [5.41, 5.74) is 0.180. The van der Waals surface area contributed by atoms with E-state index < -0.39 is 11.9 Å². The molecular formula is C14H23NO2. The molecule has 3 heteroatoms. The van der Waals surface area contributed by atoms with E-state index in [0.717, 1.165) is 0 Å². The van der Waals surface area contributed by atoms with Gasteiger partial charge in [0.2, 0.25) is 0 Å². The van der Waals surface area contributed by atoms with Crippen molar-refractivity contribution < 1.29 is 9.90 Å². The van der Waals surface area contributed by atoms with Crippen molar-refractivity contribution in [1.82, 2.24) is 0 Å². The van der Waals surface area contributed by atoms with Crippen molar-refractivity contribution >= 4 is 5.97 Å². The molecule has 0 aliphatic carbocycles. The smallest absolute Gasteiger partial charge is 0.306 e. The van der Waals surface area contributed by atoms with Gasteiger partial charge in [-0.3, -0.25) is 4.79 Å². The van der Waals surface area contributed by atoms with E-state index in [0.29, 0.717) is 12.0 Å². The second kappa shape index (κ2) is 5.35. The van der Waals surface area contributed by atoms with Crippen LogP contribution in [0.15, 0.2) is 11.6 Å². The summed E-state index contributed by atoms with van der Waals surface area (Å²) in [4.78, 5) is 11.0. The molecule has 3 nitrogen and oxygen atoms in total. The quantitative estimate of drug-likeness (QED) is 0.760. The lowest BCUT2D eigenvalue weighted by Crippen LogP contribution is -2.28. The first-order valence-corrected chi connectivity index (χ1v) is 5.86. The maximum Gasteiger partial charge on any atom is 0.306 e. The molecule has 0 spiro atoms. The summed E-state index contributed by atoms with van der Waals surface area (Å²) in [5, 5.41) is 18.1. The zero-order valence-corrected chi connectivity index (χ0v) is 11.7. The molecule has 0 aliphatic rings. The number of hydrogen-bond acceptors (Lipinski definition) is 2. The fourth-order valence-electron chi connectivity index (χ4n) is 1.40. The molecule has 0 aromatic carbocycles. The minimum absolute atomic E-state index is 0.183. The third kappa shape index (κ3) is 4.60. The van der Waals surface area contributed by atoms with Crippen LogP contribution in [0.5, 0.6) is 0 Å². The van der Waals surface area contributed by atoms with Crippen LogP contribution in [0, 0.1) is 28.1 Å². The van der Waals surface area contributed by atoms with E-state index in [4.69, 9.17) is 10.4 Å². The number of hydrogen-bond donors (Lipinski definition) is 1. The highest BCUT2D eigenvalue weighted by molar-refractivity contribution is 5.70. The van der Waals surface area contributed by atoms with E-state index in [1.54, 1.807) is 6.92 Å². The van der Waals surface area contributed by atoms with Gasteiger partial charge in [-0.1, -0.05) is 47.6 Å². The number of carboxylic acid groups (broad SMARTS) is 1. The number of carbonyl (C=O) groups is 1. The summed E-state index contributed by atoms with van der Waals surface area (Å²) in [6.07, 6.45) is 2.47. The Hall–Kier alpha value is -1.30. The average Bonchev–Trinajstić information content (AvgIpc) is 2.14. The predicted octanol–water partition coefficient (Wildman–Crippen LogP) is 3.62. The summed E-state index contributed by atoms with van der Waals surface area (Å²) in [5.74, 6) is -1.23. The summed E-state index contributed by atoms with van der Waals surface area (Å²) in [6, 6.07) is 2.20. The number of allylic oxidation sites excluding steroid dienone is 2. The Morgan fingerprint density at radius 1 is 1.35 bits per heavy atom. The van der Waals surface area contributed by atoms with Crippen LogP contribution in [-0.4, -0.2) is 11.1 Å². The van der Waals surface area contributed by atoms with Gasteiger partial charge in [0.25, 0.3) is 0 Å². The van der Waals surface area contributed by atoms with E-state index in [1.165, 1.54) is 0 Å². The molecule has 0 aromatic heterocycles. The molecule has 17 heavy (non-hydrogen) atoms. The molecule has 0 fully saturated rings. The molecule has 0 aliphatic heterocycles. The second-order valence-corrected chi connectivity index (χ2v) is 6.23. The summed E-state index contributed by atoms with van der Waals surface area (Å²) in [7, 11) is 0. The minimum atomic E-state index is -0.794. The first-order valence-electron chi connectivity index (χ1n) is 5.86. The highest BCUT2D eigenvalue weighted by Gasteiger charge is 2.31. The van der Waals surface area contributed by atoms with Crippen LogP contribution < -0.4 is 0 Å². The SMILES string of the molecule is CC(C(=O)O)C(C)(C)C/C=C(/C#N)C(C)(C)C. The van der Waals surface area contributed by atoms with Crippen LogP contribution in [0.2, 0.25) is 0 Å². The standard InChI is InChI=1S/C14H23NO2/c1-10(12(16)17)14(5,6)8-7-11(9-15)13(2,3)4/h7,10H,8H2,1-6H3,(H,16,17)/b11-7-. The third-order valence-corrected chi connectivity index (χ3v) is 3.30. The molecule has 1 unspecified atom stereocenters. The highest BCUT2D eigenvalue weighted by Crippen LogP contribution is 2.33. The van der Waals surface area contributed by atoms with Gasteiger partial charge in [-0.05, 0) is 17.3 Å². The number of nitrogens with zero attached hydrogens (tertiary/aromatic N) is 1. The molecule has 0 rings (SSSR count). The van der Waals surface area contributed by atoms with Crippen molar-refractivity contribution in [3.63, 3.8) is 0 Å². The summed E-state index contributed by atoms with van der Waals surface area (Å²) < 4.78 is 0. The molecule has 0 aromatic rings. The fourth-order valence-corrected chi connectivity index (χ4v) is 1.40. The Kier molecular flexibility index (Phi) is 4.94. The van der Waals surface area contributed by atoms with Crippen molar-refractivity contribution in [1.29, 1.82) is 5.26 Å². The van der Waals surface area contributed by atoms with Gasteiger partial charge in [0, 0.05) is 5.57 Å². The lowest BCUT2D eigenvalue weighted by atomic mass is 9.75. The maximum absolute atomic E-state index is 11.0. The van der Waals surface area contributed by atoms with E-state index in [9.17, 15) is 4.79 Å². The first-order chi connectivity index (χ1) is 7.52. The van der Waals surface area contributed by atoms with Crippen molar-refractivity contribution in [2.45, 2.75) is 48.0 Å². The Bertz CT molecular complexity index is 353. The first kappa shape index (κ1) is 15.7. The molecule has 1 N–H and O–H groups in total.